The number of carbonyl (C=O) groups is 1. The number of ether oxygens (including phenoxy) is 1. The van der Waals surface area contributed by atoms with E-state index in [-0.39, 0.29) is 5.78 Å². The zero-order valence-electron chi connectivity index (χ0n) is 8.83. The van der Waals surface area contributed by atoms with Crippen LogP contribution in [0.15, 0.2) is 0 Å². The molecule has 0 aliphatic carbocycles. The van der Waals surface area contributed by atoms with E-state index in [4.69, 9.17) is 4.74 Å². The molecule has 3 nitrogen and oxygen atoms in total. The Morgan fingerprint density at radius 2 is 2.36 bits per heavy atom. The van der Waals surface area contributed by atoms with Crippen molar-refractivity contribution in [3.63, 3.8) is 0 Å². The third kappa shape index (κ3) is 4.23. The van der Waals surface area contributed by atoms with E-state index in [0.29, 0.717) is 16.6 Å². The number of hydrogen-bond donors (Lipinski definition) is 0. The summed E-state index contributed by atoms with van der Waals surface area (Å²) in [4.78, 5) is 13.0. The monoisotopic (exact) mass is 311 g/mol. The number of ketones is 1. The SMILES string of the molecule is CC(=O)CCCO[C@H]1C[C@@H](I)N(C)C1. The van der Waals surface area contributed by atoms with Crippen molar-refractivity contribution in [2.45, 2.75) is 36.3 Å². The predicted molar refractivity (Wildman–Crippen MR) is 64.7 cm³/mol. The van der Waals surface area contributed by atoms with Gasteiger partial charge in [-0.25, -0.2) is 0 Å². The normalized spacial score (nSPS) is 28.2. The molecule has 1 fully saturated rings. The molecule has 0 bridgehead atoms. The number of hydrogen-bond acceptors (Lipinski definition) is 3. The molecule has 1 rings (SSSR count). The average Bonchev–Trinajstić information content (AvgIpc) is 2.40. The molecule has 1 aliphatic heterocycles. The first kappa shape index (κ1) is 12.4. The maximum atomic E-state index is 10.7. The summed E-state index contributed by atoms with van der Waals surface area (Å²) in [5.41, 5.74) is 0. The second-order valence-corrected chi connectivity index (χ2v) is 5.35. The van der Waals surface area contributed by atoms with Crippen LogP contribution in [0.5, 0.6) is 0 Å². The van der Waals surface area contributed by atoms with Crippen molar-refractivity contribution in [3.05, 3.63) is 0 Å². The van der Waals surface area contributed by atoms with Gasteiger partial charge in [-0.2, -0.15) is 0 Å². The van der Waals surface area contributed by atoms with E-state index in [1.807, 2.05) is 0 Å². The number of Topliss-reactive ketones (excluding diaryl/α,β-unsaturated/α-hetero) is 1. The van der Waals surface area contributed by atoms with Crippen LogP contribution in [-0.4, -0.2) is 41.0 Å². The van der Waals surface area contributed by atoms with Gasteiger partial charge in [-0.3, -0.25) is 4.90 Å². The van der Waals surface area contributed by atoms with Crippen molar-refractivity contribution in [1.29, 1.82) is 0 Å². The van der Waals surface area contributed by atoms with Gasteiger partial charge in [0.2, 0.25) is 0 Å². The Kier molecular flexibility index (Phi) is 5.33. The largest absolute Gasteiger partial charge is 0.377 e. The van der Waals surface area contributed by atoms with Crippen LogP contribution in [-0.2, 0) is 9.53 Å². The minimum absolute atomic E-state index is 0.254. The maximum Gasteiger partial charge on any atom is 0.129 e. The number of carbonyl (C=O) groups excluding carboxylic acids is 1. The summed E-state index contributed by atoms with van der Waals surface area (Å²) in [6.45, 7) is 3.37. The number of alkyl halides is 1. The van der Waals surface area contributed by atoms with E-state index in [1.165, 1.54) is 0 Å². The Morgan fingerprint density at radius 3 is 2.86 bits per heavy atom. The number of likely N-dealkylation sites (tertiary alicyclic amines) is 1. The van der Waals surface area contributed by atoms with Gasteiger partial charge >= 0.3 is 0 Å². The summed E-state index contributed by atoms with van der Waals surface area (Å²) in [5.74, 6) is 0.254. The van der Waals surface area contributed by atoms with E-state index >= 15 is 0 Å². The molecule has 0 unspecified atom stereocenters. The molecule has 0 aromatic carbocycles. The highest BCUT2D eigenvalue weighted by Gasteiger charge is 2.27. The highest BCUT2D eigenvalue weighted by Crippen LogP contribution is 2.23. The molecule has 0 aromatic rings. The molecule has 0 radical (unpaired) electrons. The Morgan fingerprint density at radius 1 is 1.64 bits per heavy atom. The lowest BCUT2D eigenvalue weighted by molar-refractivity contribution is -0.117. The smallest absolute Gasteiger partial charge is 0.129 e. The molecule has 1 saturated heterocycles. The van der Waals surface area contributed by atoms with E-state index in [9.17, 15) is 4.79 Å². The van der Waals surface area contributed by atoms with Crippen molar-refractivity contribution in [2.75, 3.05) is 20.2 Å². The van der Waals surface area contributed by atoms with Gasteiger partial charge in [0, 0.05) is 19.6 Å². The van der Waals surface area contributed by atoms with E-state index in [1.54, 1.807) is 6.92 Å². The first-order valence-electron chi connectivity index (χ1n) is 5.05. The molecule has 0 N–H and O–H groups in total. The van der Waals surface area contributed by atoms with Gasteiger partial charge in [0.1, 0.15) is 5.78 Å². The summed E-state index contributed by atoms with van der Waals surface area (Å²) >= 11 is 2.44. The summed E-state index contributed by atoms with van der Waals surface area (Å²) in [7, 11) is 2.12. The summed E-state index contributed by atoms with van der Waals surface area (Å²) in [6, 6.07) is 0. The van der Waals surface area contributed by atoms with Crippen molar-refractivity contribution >= 4 is 28.4 Å². The van der Waals surface area contributed by atoms with Crippen LogP contribution in [0, 0.1) is 0 Å². The third-order valence-corrected chi connectivity index (χ3v) is 3.91. The highest BCUT2D eigenvalue weighted by atomic mass is 127. The molecule has 0 amide bonds. The van der Waals surface area contributed by atoms with Crippen LogP contribution in [0.2, 0.25) is 0 Å². The van der Waals surface area contributed by atoms with Crippen molar-refractivity contribution in [1.82, 2.24) is 4.90 Å². The highest BCUT2D eigenvalue weighted by molar-refractivity contribution is 14.1. The Balaban J connectivity index is 2.06. The van der Waals surface area contributed by atoms with Crippen LogP contribution in [0.4, 0.5) is 0 Å². The van der Waals surface area contributed by atoms with Crippen LogP contribution < -0.4 is 0 Å². The zero-order chi connectivity index (χ0) is 10.6. The second-order valence-electron chi connectivity index (χ2n) is 3.91. The fourth-order valence-corrected chi connectivity index (χ4v) is 2.39. The van der Waals surface area contributed by atoms with Crippen molar-refractivity contribution in [2.24, 2.45) is 0 Å². The molecule has 0 spiro atoms. The summed E-state index contributed by atoms with van der Waals surface area (Å²) in [5, 5.41) is 0. The molecule has 2 atom stereocenters. The van der Waals surface area contributed by atoms with Gasteiger partial charge in [0.15, 0.2) is 0 Å². The van der Waals surface area contributed by atoms with Gasteiger partial charge in [0.25, 0.3) is 0 Å². The fourth-order valence-electron chi connectivity index (χ4n) is 1.60. The van der Waals surface area contributed by atoms with Crippen LogP contribution in [0.1, 0.15) is 26.2 Å². The van der Waals surface area contributed by atoms with Gasteiger partial charge in [-0.15, -0.1) is 0 Å². The van der Waals surface area contributed by atoms with Crippen LogP contribution in [0.3, 0.4) is 0 Å². The molecule has 1 heterocycles. The molecule has 82 valence electrons. The third-order valence-electron chi connectivity index (χ3n) is 2.45. The van der Waals surface area contributed by atoms with Gasteiger partial charge < -0.3 is 9.53 Å². The molecular formula is C10H18INO2. The topological polar surface area (TPSA) is 29.5 Å². The molecule has 1 aliphatic rings. The maximum absolute atomic E-state index is 10.7. The first-order chi connectivity index (χ1) is 6.59. The number of halogens is 1. The number of likely N-dealkylation sites (N-methyl/N-ethyl adjacent to an activating group) is 1. The minimum Gasteiger partial charge on any atom is -0.377 e. The molecule has 0 saturated carbocycles. The molecular weight excluding hydrogens is 293 g/mol. The number of rotatable bonds is 5. The lowest BCUT2D eigenvalue weighted by Gasteiger charge is -2.11. The van der Waals surface area contributed by atoms with Gasteiger partial charge in [0.05, 0.1) is 10.2 Å². The van der Waals surface area contributed by atoms with Gasteiger partial charge in [-0.1, -0.05) is 22.6 Å². The second kappa shape index (κ2) is 6.02. The molecule has 14 heavy (non-hydrogen) atoms. The van der Waals surface area contributed by atoms with E-state index < -0.39 is 0 Å². The van der Waals surface area contributed by atoms with Crippen molar-refractivity contribution < 1.29 is 9.53 Å². The molecule has 0 aromatic heterocycles. The van der Waals surface area contributed by atoms with Gasteiger partial charge in [-0.05, 0) is 26.8 Å². The molecule has 4 heteroatoms. The van der Waals surface area contributed by atoms with E-state index in [2.05, 4.69) is 34.5 Å². The predicted octanol–water partition coefficient (Wildman–Crippen LogP) is 1.84. The standard InChI is InChI=1S/C10H18INO2/c1-8(13)4-3-5-14-9-6-10(11)12(2)7-9/h9-10H,3-7H2,1-2H3/t9-,10-/m0/s1. The summed E-state index contributed by atoms with van der Waals surface area (Å²) < 4.78 is 6.30. The zero-order valence-corrected chi connectivity index (χ0v) is 11.0. The quantitative estimate of drug-likeness (QED) is 0.336. The lowest BCUT2D eigenvalue weighted by Crippen LogP contribution is -2.21. The Labute approximate surface area is 99.3 Å². The first-order valence-corrected chi connectivity index (χ1v) is 6.29. The van der Waals surface area contributed by atoms with Crippen LogP contribution in [0.25, 0.3) is 0 Å². The van der Waals surface area contributed by atoms with Crippen LogP contribution >= 0.6 is 22.6 Å². The fraction of sp³-hybridized carbons (Fsp3) is 0.900. The minimum atomic E-state index is 0.254. The van der Waals surface area contributed by atoms with E-state index in [0.717, 1.165) is 26.0 Å². The average molecular weight is 311 g/mol. The Hall–Kier alpha value is 0.320. The van der Waals surface area contributed by atoms with Crippen molar-refractivity contribution in [3.8, 4) is 0 Å². The summed E-state index contributed by atoms with van der Waals surface area (Å²) in [6.07, 6.45) is 2.99. The number of nitrogens with zero attached hydrogens (tertiary/aromatic N) is 1. The Bertz CT molecular complexity index is 189. The lowest BCUT2D eigenvalue weighted by atomic mass is 10.2.